The van der Waals surface area contributed by atoms with Crippen molar-refractivity contribution in [1.29, 1.82) is 0 Å². The van der Waals surface area contributed by atoms with Crippen molar-refractivity contribution in [3.63, 3.8) is 0 Å². The van der Waals surface area contributed by atoms with Crippen LogP contribution in [0.15, 0.2) is 48.8 Å². The van der Waals surface area contributed by atoms with Crippen LogP contribution in [0.2, 0.25) is 0 Å². The Morgan fingerprint density at radius 1 is 1.12 bits per heavy atom. The first kappa shape index (κ1) is 16.5. The van der Waals surface area contributed by atoms with Crippen molar-refractivity contribution in [2.24, 2.45) is 0 Å². The number of nitrogen functional groups attached to an aromatic ring is 1. The number of carbonyl (C=O) groups excluding carboxylic acids is 1. The van der Waals surface area contributed by atoms with Gasteiger partial charge in [0.25, 0.3) is 5.91 Å². The van der Waals surface area contributed by atoms with Gasteiger partial charge >= 0.3 is 0 Å². The number of nitrogens with zero attached hydrogens (tertiary/aromatic N) is 1. The Bertz CT molecular complexity index is 975. The van der Waals surface area contributed by atoms with E-state index in [4.69, 9.17) is 5.73 Å². The molecule has 5 heteroatoms. The Morgan fingerprint density at radius 3 is 2.69 bits per heavy atom. The Labute approximate surface area is 151 Å². The second-order valence-corrected chi connectivity index (χ2v) is 6.77. The van der Waals surface area contributed by atoms with Gasteiger partial charge < -0.3 is 11.1 Å². The van der Waals surface area contributed by atoms with Crippen molar-refractivity contribution >= 4 is 28.1 Å². The fraction of sp³-hybridized carbons (Fsp3) is 0.238. The Kier molecular flexibility index (Phi) is 4.29. The minimum atomic E-state index is -0.411. The molecule has 3 aromatic rings. The van der Waals surface area contributed by atoms with Crippen LogP contribution < -0.4 is 11.1 Å². The van der Waals surface area contributed by atoms with Crippen LogP contribution in [0.3, 0.4) is 0 Å². The van der Waals surface area contributed by atoms with Crippen LogP contribution >= 0.6 is 0 Å². The summed E-state index contributed by atoms with van der Waals surface area (Å²) in [5, 5.41) is 4.60. The lowest BCUT2D eigenvalue weighted by atomic mass is 9.94. The minimum absolute atomic E-state index is 0.0967. The second-order valence-electron chi connectivity index (χ2n) is 6.77. The summed E-state index contributed by atoms with van der Waals surface area (Å²) >= 11 is 0. The molecule has 1 heterocycles. The maximum atomic E-state index is 14.7. The monoisotopic (exact) mass is 349 g/mol. The molecule has 0 atom stereocenters. The molecule has 26 heavy (non-hydrogen) atoms. The van der Waals surface area contributed by atoms with E-state index >= 15 is 0 Å². The number of aromatic nitrogens is 1. The van der Waals surface area contributed by atoms with Gasteiger partial charge in [-0.15, -0.1) is 0 Å². The highest BCUT2D eigenvalue weighted by molar-refractivity contribution is 6.12. The summed E-state index contributed by atoms with van der Waals surface area (Å²) in [6.45, 7) is 0. The van der Waals surface area contributed by atoms with Gasteiger partial charge in [0.05, 0.1) is 11.3 Å². The summed E-state index contributed by atoms with van der Waals surface area (Å²) in [5.74, 6) is -0.608. The minimum Gasteiger partial charge on any atom is -0.396 e. The molecule has 1 saturated carbocycles. The van der Waals surface area contributed by atoms with Gasteiger partial charge in [-0.3, -0.25) is 9.78 Å². The number of nitrogens with one attached hydrogen (secondary N) is 1. The van der Waals surface area contributed by atoms with Crippen LogP contribution in [0.25, 0.3) is 10.8 Å². The zero-order valence-electron chi connectivity index (χ0n) is 14.3. The zero-order valence-corrected chi connectivity index (χ0v) is 14.3. The molecule has 4 nitrogen and oxygen atoms in total. The number of benzene rings is 2. The molecule has 0 radical (unpaired) electrons. The second kappa shape index (κ2) is 6.75. The van der Waals surface area contributed by atoms with E-state index in [1.807, 2.05) is 24.3 Å². The van der Waals surface area contributed by atoms with Crippen LogP contribution in [0.5, 0.6) is 0 Å². The normalized spacial score (nSPS) is 14.7. The molecule has 0 spiro atoms. The van der Waals surface area contributed by atoms with Gasteiger partial charge in [0.2, 0.25) is 0 Å². The van der Waals surface area contributed by atoms with Crippen LogP contribution in [-0.4, -0.2) is 10.9 Å². The molecule has 1 aromatic heterocycles. The van der Waals surface area contributed by atoms with E-state index in [0.29, 0.717) is 16.8 Å². The average Bonchev–Trinajstić information content (AvgIpc) is 3.18. The third-order valence-electron chi connectivity index (χ3n) is 5.13. The molecular weight excluding hydrogens is 329 g/mol. The molecule has 1 fully saturated rings. The first-order valence-corrected chi connectivity index (χ1v) is 8.87. The van der Waals surface area contributed by atoms with Crippen molar-refractivity contribution in [3.8, 4) is 0 Å². The predicted molar refractivity (Wildman–Crippen MR) is 102 cm³/mol. The molecule has 132 valence electrons. The molecule has 0 aliphatic heterocycles. The van der Waals surface area contributed by atoms with Gasteiger partial charge in [-0.2, -0.15) is 0 Å². The molecule has 3 N–H and O–H groups in total. The number of fused-ring (bicyclic) bond motifs is 1. The SMILES string of the molecule is Nc1ccc(NC(=O)c2cncc3ccccc23)c(C2CCCC2)c1F. The van der Waals surface area contributed by atoms with E-state index in [1.165, 1.54) is 6.07 Å². The van der Waals surface area contributed by atoms with Crippen LogP contribution in [0.1, 0.15) is 47.5 Å². The van der Waals surface area contributed by atoms with Crippen molar-refractivity contribution < 1.29 is 9.18 Å². The van der Waals surface area contributed by atoms with Crippen molar-refractivity contribution in [2.75, 3.05) is 11.1 Å². The predicted octanol–water partition coefficient (Wildman–Crippen LogP) is 4.87. The highest BCUT2D eigenvalue weighted by atomic mass is 19.1. The first-order chi connectivity index (χ1) is 12.6. The summed E-state index contributed by atoms with van der Waals surface area (Å²) in [6.07, 6.45) is 7.23. The average molecular weight is 349 g/mol. The summed E-state index contributed by atoms with van der Waals surface area (Å²) in [7, 11) is 0. The molecule has 2 aromatic carbocycles. The highest BCUT2D eigenvalue weighted by Crippen LogP contribution is 2.40. The van der Waals surface area contributed by atoms with Gasteiger partial charge in [-0.05, 0) is 36.3 Å². The third-order valence-corrected chi connectivity index (χ3v) is 5.13. The Morgan fingerprint density at radius 2 is 1.88 bits per heavy atom. The van der Waals surface area contributed by atoms with Gasteiger partial charge in [0, 0.05) is 29.0 Å². The number of halogens is 1. The lowest BCUT2D eigenvalue weighted by Gasteiger charge is -2.18. The molecule has 0 unspecified atom stereocenters. The van der Waals surface area contributed by atoms with Gasteiger partial charge in [-0.25, -0.2) is 4.39 Å². The van der Waals surface area contributed by atoms with E-state index in [9.17, 15) is 9.18 Å². The summed E-state index contributed by atoms with van der Waals surface area (Å²) < 4.78 is 14.7. The number of nitrogens with two attached hydrogens (primary N) is 1. The Hall–Kier alpha value is -2.95. The van der Waals surface area contributed by atoms with E-state index in [-0.39, 0.29) is 17.5 Å². The third kappa shape index (κ3) is 2.90. The van der Waals surface area contributed by atoms with E-state index < -0.39 is 5.82 Å². The van der Waals surface area contributed by atoms with Gasteiger partial charge in [0.1, 0.15) is 0 Å². The van der Waals surface area contributed by atoms with E-state index in [1.54, 1.807) is 18.5 Å². The van der Waals surface area contributed by atoms with Gasteiger partial charge in [-0.1, -0.05) is 37.1 Å². The molecule has 1 aliphatic carbocycles. The molecule has 1 aliphatic rings. The number of anilines is 2. The Balaban J connectivity index is 1.73. The standard InChI is InChI=1S/C21H20FN3O/c22-20-17(23)9-10-18(19(20)13-5-1-2-6-13)25-21(26)16-12-24-11-14-7-3-4-8-15(14)16/h3-4,7-13H,1-2,5-6,23H2,(H,25,26). The number of hydrogen-bond donors (Lipinski definition) is 2. The quantitative estimate of drug-likeness (QED) is 0.663. The smallest absolute Gasteiger partial charge is 0.257 e. The highest BCUT2D eigenvalue weighted by Gasteiger charge is 2.25. The van der Waals surface area contributed by atoms with Crippen molar-refractivity contribution in [2.45, 2.75) is 31.6 Å². The number of pyridine rings is 1. The van der Waals surface area contributed by atoms with Crippen LogP contribution in [-0.2, 0) is 0 Å². The maximum absolute atomic E-state index is 14.7. The van der Waals surface area contributed by atoms with Crippen molar-refractivity contribution in [3.05, 3.63) is 65.7 Å². The first-order valence-electron chi connectivity index (χ1n) is 8.87. The number of carbonyl (C=O) groups is 1. The van der Waals surface area contributed by atoms with E-state index in [2.05, 4.69) is 10.3 Å². The molecular formula is C21H20FN3O. The summed E-state index contributed by atoms with van der Waals surface area (Å²) in [5.41, 5.74) is 7.40. The number of hydrogen-bond acceptors (Lipinski definition) is 3. The maximum Gasteiger partial charge on any atom is 0.257 e. The van der Waals surface area contributed by atoms with E-state index in [0.717, 1.165) is 36.5 Å². The van der Waals surface area contributed by atoms with Crippen LogP contribution in [0, 0.1) is 5.82 Å². The largest absolute Gasteiger partial charge is 0.396 e. The van der Waals surface area contributed by atoms with Gasteiger partial charge in [0.15, 0.2) is 5.82 Å². The summed E-state index contributed by atoms with van der Waals surface area (Å²) in [6, 6.07) is 10.8. The topological polar surface area (TPSA) is 68.0 Å². The molecule has 1 amide bonds. The lowest BCUT2D eigenvalue weighted by Crippen LogP contribution is -2.16. The number of rotatable bonds is 3. The zero-order chi connectivity index (χ0) is 18.1. The fourth-order valence-electron chi connectivity index (χ4n) is 3.82. The van der Waals surface area contributed by atoms with Crippen molar-refractivity contribution in [1.82, 2.24) is 4.98 Å². The number of amides is 1. The molecule has 0 bridgehead atoms. The fourth-order valence-corrected chi connectivity index (χ4v) is 3.82. The summed E-state index contributed by atoms with van der Waals surface area (Å²) in [4.78, 5) is 17.0. The molecule has 4 rings (SSSR count). The molecule has 0 saturated heterocycles. The lowest BCUT2D eigenvalue weighted by molar-refractivity contribution is 0.102. The van der Waals surface area contributed by atoms with Crippen LogP contribution in [0.4, 0.5) is 15.8 Å².